The number of rotatable bonds is 8. The molecule has 2 amide bonds. The molecule has 1 saturated heterocycles. The van der Waals surface area contributed by atoms with E-state index in [-0.39, 0.29) is 11.1 Å². The molecule has 1 aliphatic heterocycles. The first-order valence-corrected chi connectivity index (χ1v) is 14.2. The van der Waals surface area contributed by atoms with Crippen molar-refractivity contribution in [3.63, 3.8) is 0 Å². The second-order valence-electron chi connectivity index (χ2n) is 8.47. The van der Waals surface area contributed by atoms with Gasteiger partial charge in [0, 0.05) is 11.0 Å². The van der Waals surface area contributed by atoms with Crippen LogP contribution < -0.4 is 9.47 Å². The summed E-state index contributed by atoms with van der Waals surface area (Å²) in [6, 6.07) is 11.8. The lowest BCUT2D eigenvalue weighted by molar-refractivity contribution is -0.123. The van der Waals surface area contributed by atoms with Crippen LogP contribution >= 0.6 is 50.3 Å². The second-order valence-corrected chi connectivity index (χ2v) is 11.5. The number of imide groups is 1. The van der Waals surface area contributed by atoms with Gasteiger partial charge in [-0.3, -0.25) is 14.5 Å². The molecular weight excluding hydrogens is 629 g/mol. The lowest BCUT2D eigenvalue weighted by atomic mass is 9.89. The molecule has 34 heavy (non-hydrogen) atoms. The number of halogens is 2. The number of hydrogen-bond acceptors (Lipinski definition) is 5. The van der Waals surface area contributed by atoms with Gasteiger partial charge in [0.15, 0.2) is 11.5 Å². The van der Waals surface area contributed by atoms with Gasteiger partial charge in [0.05, 0.1) is 15.1 Å². The first-order valence-electron chi connectivity index (χ1n) is 11.5. The minimum Gasteiger partial charge on any atom is -0.490 e. The van der Waals surface area contributed by atoms with Crippen LogP contribution in [0, 0.1) is 9.49 Å². The first kappa shape index (κ1) is 25.6. The Hall–Kier alpha value is -1.52. The van der Waals surface area contributed by atoms with Gasteiger partial charge in [-0.25, -0.2) is 0 Å². The van der Waals surface area contributed by atoms with Gasteiger partial charge >= 0.3 is 0 Å². The summed E-state index contributed by atoms with van der Waals surface area (Å²) >= 11 is 6.70. The van der Waals surface area contributed by atoms with Crippen LogP contribution in [0.2, 0.25) is 0 Å². The molecule has 5 nitrogen and oxygen atoms in total. The Labute approximate surface area is 226 Å². The highest BCUT2D eigenvalue weighted by atomic mass is 127. The molecule has 1 aliphatic carbocycles. The van der Waals surface area contributed by atoms with Crippen LogP contribution in [-0.4, -0.2) is 29.2 Å². The van der Waals surface area contributed by atoms with Crippen LogP contribution in [0.15, 0.2) is 45.8 Å². The van der Waals surface area contributed by atoms with E-state index in [0.717, 1.165) is 43.8 Å². The van der Waals surface area contributed by atoms with Gasteiger partial charge in [-0.1, -0.05) is 47.3 Å². The summed E-state index contributed by atoms with van der Waals surface area (Å²) < 4.78 is 13.9. The average Bonchev–Trinajstić information content (AvgIpc) is 3.08. The molecule has 0 bridgehead atoms. The van der Waals surface area contributed by atoms with E-state index in [4.69, 9.17) is 9.47 Å². The highest BCUT2D eigenvalue weighted by molar-refractivity contribution is 14.1. The largest absolute Gasteiger partial charge is 0.490 e. The molecule has 1 heterocycles. The molecule has 0 spiro atoms. The van der Waals surface area contributed by atoms with E-state index in [1.54, 1.807) is 6.08 Å². The van der Waals surface area contributed by atoms with Crippen LogP contribution in [0.3, 0.4) is 0 Å². The maximum atomic E-state index is 13.0. The lowest BCUT2D eigenvalue weighted by Crippen LogP contribution is -2.34. The van der Waals surface area contributed by atoms with Gasteiger partial charge in [-0.05, 0) is 102 Å². The predicted octanol–water partition coefficient (Wildman–Crippen LogP) is 7.65. The Morgan fingerprint density at radius 2 is 1.85 bits per heavy atom. The summed E-state index contributed by atoms with van der Waals surface area (Å²) in [6.45, 7) is 3.37. The number of carbonyl (C=O) groups is 2. The molecule has 0 aromatic heterocycles. The second kappa shape index (κ2) is 11.9. The summed E-state index contributed by atoms with van der Waals surface area (Å²) in [6.07, 6.45) is 7.60. The number of carbonyl (C=O) groups excluding carboxylic acids is 2. The van der Waals surface area contributed by atoms with Crippen molar-refractivity contribution < 1.29 is 19.1 Å². The predicted molar refractivity (Wildman–Crippen MR) is 148 cm³/mol. The van der Waals surface area contributed by atoms with E-state index in [2.05, 4.69) is 38.5 Å². The zero-order valence-electron chi connectivity index (χ0n) is 19.0. The molecule has 2 aromatic rings. The van der Waals surface area contributed by atoms with Gasteiger partial charge < -0.3 is 9.47 Å². The van der Waals surface area contributed by atoms with Crippen molar-refractivity contribution in [3.05, 3.63) is 60.5 Å². The third kappa shape index (κ3) is 6.37. The van der Waals surface area contributed by atoms with Crippen LogP contribution in [-0.2, 0) is 11.4 Å². The van der Waals surface area contributed by atoms with E-state index < -0.39 is 0 Å². The van der Waals surface area contributed by atoms with E-state index in [1.807, 2.05) is 43.3 Å². The van der Waals surface area contributed by atoms with Crippen molar-refractivity contribution >= 4 is 67.5 Å². The van der Waals surface area contributed by atoms with E-state index >= 15 is 0 Å². The van der Waals surface area contributed by atoms with Crippen LogP contribution in [0.25, 0.3) is 6.08 Å². The highest BCUT2D eigenvalue weighted by Gasteiger charge is 2.36. The maximum Gasteiger partial charge on any atom is 0.293 e. The number of nitrogens with zero attached hydrogens (tertiary/aromatic N) is 1. The summed E-state index contributed by atoms with van der Waals surface area (Å²) in [5.41, 5.74) is 1.86. The quantitative estimate of drug-likeness (QED) is 0.216. The molecule has 0 N–H and O–H groups in total. The fourth-order valence-corrected chi connectivity index (χ4v) is 6.14. The van der Waals surface area contributed by atoms with E-state index in [0.29, 0.717) is 42.1 Å². The fourth-order valence-electron chi connectivity index (χ4n) is 4.25. The topological polar surface area (TPSA) is 55.8 Å². The van der Waals surface area contributed by atoms with Crippen molar-refractivity contribution in [1.29, 1.82) is 0 Å². The fraction of sp³-hybridized carbons (Fsp3) is 0.385. The summed E-state index contributed by atoms with van der Waals surface area (Å²) in [7, 11) is 0. The van der Waals surface area contributed by atoms with Crippen molar-refractivity contribution in [2.24, 2.45) is 5.92 Å². The van der Waals surface area contributed by atoms with Crippen LogP contribution in [0.1, 0.15) is 50.2 Å². The van der Waals surface area contributed by atoms with Crippen molar-refractivity contribution in [2.45, 2.75) is 45.6 Å². The Morgan fingerprint density at radius 3 is 2.56 bits per heavy atom. The maximum absolute atomic E-state index is 13.0. The van der Waals surface area contributed by atoms with Gasteiger partial charge in [-0.15, -0.1) is 0 Å². The molecule has 0 radical (unpaired) electrons. The third-order valence-electron chi connectivity index (χ3n) is 5.96. The number of benzene rings is 2. The minimum absolute atomic E-state index is 0.170. The lowest BCUT2D eigenvalue weighted by Gasteiger charge is -2.25. The Bertz CT molecular complexity index is 1080. The monoisotopic (exact) mass is 655 g/mol. The van der Waals surface area contributed by atoms with Gasteiger partial charge in [-0.2, -0.15) is 0 Å². The Kier molecular flexibility index (Phi) is 8.98. The van der Waals surface area contributed by atoms with Gasteiger partial charge in [0.1, 0.15) is 6.61 Å². The van der Waals surface area contributed by atoms with Crippen LogP contribution in [0.4, 0.5) is 4.79 Å². The number of thioether (sulfide) groups is 1. The van der Waals surface area contributed by atoms with Gasteiger partial charge in [0.25, 0.3) is 11.1 Å². The van der Waals surface area contributed by atoms with Crippen LogP contribution in [0.5, 0.6) is 11.5 Å². The molecule has 1 saturated carbocycles. The molecule has 4 rings (SSSR count). The third-order valence-corrected chi connectivity index (χ3v) is 8.20. The normalized spacial score (nSPS) is 18.1. The molecular formula is C26H27BrINO4S. The summed E-state index contributed by atoms with van der Waals surface area (Å²) in [5.74, 6) is 1.53. The number of hydrogen-bond donors (Lipinski definition) is 0. The molecule has 0 unspecified atom stereocenters. The minimum atomic E-state index is -0.191. The Morgan fingerprint density at radius 1 is 1.12 bits per heavy atom. The smallest absolute Gasteiger partial charge is 0.293 e. The molecule has 8 heteroatoms. The number of amides is 2. The van der Waals surface area contributed by atoms with E-state index in [9.17, 15) is 9.59 Å². The highest BCUT2D eigenvalue weighted by Crippen LogP contribution is 2.38. The molecule has 2 fully saturated rings. The summed E-state index contributed by atoms with van der Waals surface area (Å²) in [4.78, 5) is 27.5. The van der Waals surface area contributed by atoms with E-state index in [1.165, 1.54) is 24.2 Å². The number of ether oxygens (including phenoxy) is 2. The van der Waals surface area contributed by atoms with Crippen molar-refractivity contribution in [2.75, 3.05) is 13.2 Å². The Balaban J connectivity index is 1.51. The van der Waals surface area contributed by atoms with Crippen molar-refractivity contribution in [3.8, 4) is 11.5 Å². The molecule has 2 aliphatic rings. The zero-order chi connectivity index (χ0) is 24.1. The molecule has 2 aromatic carbocycles. The average molecular weight is 656 g/mol. The molecule has 0 atom stereocenters. The van der Waals surface area contributed by atoms with Crippen molar-refractivity contribution in [1.82, 2.24) is 4.90 Å². The zero-order valence-corrected chi connectivity index (χ0v) is 23.6. The SMILES string of the molecule is CCOc1cc(/C=C2/SC(=O)N(CC3CCCCC3)C2=O)cc(I)c1OCc1ccc(Br)cc1. The standard InChI is InChI=1S/C26H27BrINO4S/c1-2-32-22-13-19(12-21(28)24(22)33-16-18-8-10-20(27)11-9-18)14-23-25(30)29(26(31)34-23)15-17-6-4-3-5-7-17/h8-14,17H,2-7,15-16H2,1H3/b23-14+. The summed E-state index contributed by atoms with van der Waals surface area (Å²) in [5, 5.41) is -0.170. The first-order chi connectivity index (χ1) is 16.4. The van der Waals surface area contributed by atoms with Gasteiger partial charge in [0.2, 0.25) is 0 Å². The molecule has 180 valence electrons.